The van der Waals surface area contributed by atoms with Crippen LogP contribution >= 0.6 is 20.1 Å². The van der Waals surface area contributed by atoms with Gasteiger partial charge in [-0.25, -0.2) is 7.94 Å². The molecule has 4 N–H and O–H groups in total. The van der Waals surface area contributed by atoms with E-state index in [-0.39, 0.29) is 6.15 Å². The average Bonchev–Trinajstić information content (AvgIpc) is 1.32. The van der Waals surface area contributed by atoms with Crippen molar-refractivity contribution in [1.29, 1.82) is 0 Å². The first-order valence-electron chi connectivity index (χ1n) is 1.06. The van der Waals surface area contributed by atoms with Gasteiger partial charge in [0.05, 0.1) is 0 Å². The highest BCUT2D eigenvalue weighted by Crippen LogP contribution is 2.57. The molecule has 44 valence electrons. The number of hydrogen-bond acceptors (Lipinski definition) is 5. The van der Waals surface area contributed by atoms with Crippen LogP contribution in [0.1, 0.15) is 0 Å². The summed E-state index contributed by atoms with van der Waals surface area (Å²) in [6.07, 6.45) is 0. The first kappa shape index (κ1) is 7.42. The second-order valence-electron chi connectivity index (χ2n) is 0.664. The Hall–Kier alpha value is 0.420. The monoisotopic (exact) mass is 145 g/mol. The maximum Gasteiger partial charge on any atom is 0.294 e. The summed E-state index contributed by atoms with van der Waals surface area (Å²) in [7, 11) is -3.75. The Morgan fingerprint density at radius 1 is 1.57 bits per heavy atom. The fraction of sp³-hybridized carbons (Fsp3) is 0. The van der Waals surface area contributed by atoms with Gasteiger partial charge in [0, 0.05) is 0 Å². The Labute approximate surface area is 44.6 Å². The standard InChI is InChI=1S/H3N.HO4PS/c;1-5(2)3-6-4-5/h1H3;(H,1,2). The lowest BCUT2D eigenvalue weighted by atomic mass is 14.0. The average molecular weight is 145 g/mol. The zero-order valence-electron chi connectivity index (χ0n) is 3.49. The van der Waals surface area contributed by atoms with E-state index in [1.807, 2.05) is 0 Å². The molecule has 0 aromatic rings. The lowest BCUT2D eigenvalue weighted by Gasteiger charge is -2.26. The molecule has 0 amide bonds. The molecule has 1 aliphatic heterocycles. The summed E-state index contributed by atoms with van der Waals surface area (Å²) in [6, 6.07) is 0. The summed E-state index contributed by atoms with van der Waals surface area (Å²) in [5.41, 5.74) is 0. The van der Waals surface area contributed by atoms with Crippen molar-refractivity contribution in [3.8, 4) is 0 Å². The van der Waals surface area contributed by atoms with Crippen LogP contribution in [0.25, 0.3) is 0 Å². The molecule has 1 saturated heterocycles. The number of hydrogen-bond donors (Lipinski definition) is 1. The molecule has 0 unspecified atom stereocenters. The smallest absolute Gasteiger partial charge is 0.294 e. The molecule has 0 radical (unpaired) electrons. The Morgan fingerprint density at radius 3 is 1.86 bits per heavy atom. The summed E-state index contributed by atoms with van der Waals surface area (Å²) >= 11 is 0.468. The highest BCUT2D eigenvalue weighted by atomic mass is 32.2. The Balaban J connectivity index is 0.000000360. The molecule has 7 heteroatoms. The minimum Gasteiger partial charge on any atom is -0.755 e. The van der Waals surface area contributed by atoms with E-state index in [0.717, 1.165) is 0 Å². The van der Waals surface area contributed by atoms with Crippen LogP contribution in [0, 0.1) is 0 Å². The van der Waals surface area contributed by atoms with Crippen molar-refractivity contribution in [1.82, 2.24) is 6.15 Å². The SMILES string of the molecule is O=P1([O-])OSO1.[NH4+]. The van der Waals surface area contributed by atoms with Crippen molar-refractivity contribution < 1.29 is 17.4 Å². The van der Waals surface area contributed by atoms with Crippen LogP contribution in [0.4, 0.5) is 0 Å². The largest absolute Gasteiger partial charge is 0.755 e. The normalized spacial score (nSPS) is 24.7. The lowest BCUT2D eigenvalue weighted by Crippen LogP contribution is -2.08. The van der Waals surface area contributed by atoms with Crippen molar-refractivity contribution >= 4 is 20.1 Å². The van der Waals surface area contributed by atoms with E-state index in [4.69, 9.17) is 0 Å². The highest BCUT2D eigenvalue weighted by Gasteiger charge is 2.21. The molecular weight excluding hydrogens is 141 g/mol. The van der Waals surface area contributed by atoms with E-state index in [9.17, 15) is 9.46 Å². The molecule has 0 spiro atoms. The third-order valence-corrected chi connectivity index (χ3v) is 2.19. The van der Waals surface area contributed by atoms with Gasteiger partial charge in [-0.3, -0.25) is 4.57 Å². The van der Waals surface area contributed by atoms with E-state index in [1.165, 1.54) is 0 Å². The van der Waals surface area contributed by atoms with E-state index < -0.39 is 7.82 Å². The van der Waals surface area contributed by atoms with Gasteiger partial charge in [0.25, 0.3) is 7.82 Å². The second-order valence-corrected chi connectivity index (χ2v) is 2.89. The molecule has 0 bridgehead atoms. The molecule has 0 aromatic heterocycles. The lowest BCUT2D eigenvalue weighted by molar-refractivity contribution is -0.213. The molecule has 1 fully saturated rings. The van der Waals surface area contributed by atoms with Crippen LogP contribution in [0.2, 0.25) is 0 Å². The van der Waals surface area contributed by atoms with Crippen LogP contribution in [-0.4, -0.2) is 0 Å². The van der Waals surface area contributed by atoms with E-state index in [2.05, 4.69) is 7.94 Å². The molecule has 7 heavy (non-hydrogen) atoms. The molecule has 0 aromatic carbocycles. The van der Waals surface area contributed by atoms with Crippen LogP contribution in [0.15, 0.2) is 0 Å². The van der Waals surface area contributed by atoms with Crippen LogP contribution < -0.4 is 11.0 Å². The van der Waals surface area contributed by atoms with E-state index >= 15 is 0 Å². The third-order valence-electron chi connectivity index (χ3n) is 0.243. The van der Waals surface area contributed by atoms with Gasteiger partial charge in [0.1, 0.15) is 0 Å². The van der Waals surface area contributed by atoms with Crippen molar-refractivity contribution in [2.45, 2.75) is 0 Å². The molecular formula is H4NO4PS. The Bertz CT molecular complexity index is 93.9. The summed E-state index contributed by atoms with van der Waals surface area (Å²) in [5, 5.41) is 0. The van der Waals surface area contributed by atoms with Gasteiger partial charge in [-0.2, -0.15) is 0 Å². The third kappa shape index (κ3) is 1.77. The first-order valence-corrected chi connectivity index (χ1v) is 3.19. The van der Waals surface area contributed by atoms with E-state index in [1.54, 1.807) is 0 Å². The van der Waals surface area contributed by atoms with Crippen LogP contribution in [-0.2, 0) is 12.5 Å². The van der Waals surface area contributed by atoms with Gasteiger partial charge in [-0.05, 0) is 0 Å². The number of quaternary nitrogens is 1. The van der Waals surface area contributed by atoms with Gasteiger partial charge >= 0.3 is 0 Å². The summed E-state index contributed by atoms with van der Waals surface area (Å²) < 4.78 is 17.3. The Morgan fingerprint density at radius 2 is 1.86 bits per heavy atom. The number of phosphoric acid groups is 1. The van der Waals surface area contributed by atoms with Crippen molar-refractivity contribution in [2.24, 2.45) is 0 Å². The summed E-state index contributed by atoms with van der Waals surface area (Å²) in [5.74, 6) is 0. The fourth-order valence-electron chi connectivity index (χ4n) is 0.0801. The van der Waals surface area contributed by atoms with Crippen molar-refractivity contribution in [2.75, 3.05) is 0 Å². The zero-order chi connectivity index (χ0) is 4.62. The molecule has 1 rings (SSSR count). The van der Waals surface area contributed by atoms with Gasteiger partial charge < -0.3 is 11.0 Å². The maximum absolute atomic E-state index is 9.65. The summed E-state index contributed by atoms with van der Waals surface area (Å²) in [4.78, 5) is 9.65. The van der Waals surface area contributed by atoms with Crippen molar-refractivity contribution in [3.63, 3.8) is 0 Å². The van der Waals surface area contributed by atoms with E-state index in [0.29, 0.717) is 12.3 Å². The fourth-order valence-corrected chi connectivity index (χ4v) is 0.721. The quantitative estimate of drug-likeness (QED) is 0.394. The minimum absolute atomic E-state index is 0. The molecule has 5 nitrogen and oxygen atoms in total. The minimum atomic E-state index is -3.75. The van der Waals surface area contributed by atoms with Gasteiger partial charge in [-0.1, -0.05) is 0 Å². The highest BCUT2D eigenvalue weighted by molar-refractivity contribution is 8.02. The topological polar surface area (TPSA) is 95.1 Å². The predicted octanol–water partition coefficient (Wildman–Crippen LogP) is 0.441. The van der Waals surface area contributed by atoms with Crippen LogP contribution in [0.3, 0.4) is 0 Å². The molecule has 0 aliphatic carbocycles. The molecule has 1 aliphatic rings. The maximum atomic E-state index is 9.65. The van der Waals surface area contributed by atoms with Gasteiger partial charge in [0.2, 0.25) is 0 Å². The van der Waals surface area contributed by atoms with Crippen molar-refractivity contribution in [3.05, 3.63) is 0 Å². The number of rotatable bonds is 0. The molecule has 0 saturated carbocycles. The second kappa shape index (κ2) is 2.13. The Kier molecular flexibility index (Phi) is 2.25. The predicted molar refractivity (Wildman–Crippen MR) is 23.4 cm³/mol. The molecule has 0 atom stereocenters. The summed E-state index contributed by atoms with van der Waals surface area (Å²) in [6.45, 7) is 0. The van der Waals surface area contributed by atoms with Gasteiger partial charge in [0.15, 0.2) is 12.3 Å². The van der Waals surface area contributed by atoms with Gasteiger partial charge in [-0.15, -0.1) is 0 Å². The zero-order valence-corrected chi connectivity index (χ0v) is 5.20. The van der Waals surface area contributed by atoms with Crippen LogP contribution in [0.5, 0.6) is 0 Å². The molecule has 1 heterocycles. The first-order chi connectivity index (χ1) is 2.71.